The zero-order valence-electron chi connectivity index (χ0n) is 8.95. The highest BCUT2D eigenvalue weighted by atomic mass is 14.5. The summed E-state index contributed by atoms with van der Waals surface area (Å²) < 4.78 is 0. The van der Waals surface area contributed by atoms with Crippen molar-refractivity contribution < 1.29 is 0 Å². The first-order valence-corrected chi connectivity index (χ1v) is 5.69. The molecule has 15 heavy (non-hydrogen) atoms. The van der Waals surface area contributed by atoms with Gasteiger partial charge in [-0.15, -0.1) is 6.58 Å². The molecule has 0 N–H and O–H groups in total. The van der Waals surface area contributed by atoms with Crippen molar-refractivity contribution in [3.05, 3.63) is 12.7 Å². The average molecular weight is 200 g/mol. The van der Waals surface area contributed by atoms with Crippen LogP contribution in [0.2, 0.25) is 0 Å². The Morgan fingerprint density at radius 2 is 2.00 bits per heavy atom. The van der Waals surface area contributed by atoms with Crippen LogP contribution >= 0.6 is 0 Å². The van der Waals surface area contributed by atoms with Crippen molar-refractivity contribution in [1.82, 2.24) is 0 Å². The smallest absolute Gasteiger partial charge is 0.150 e. The normalized spacial score (nSPS) is 33.3. The molecule has 2 bridgehead atoms. The fraction of sp³-hybridized carbons (Fsp3) is 0.692. The molecule has 2 nitrogen and oxygen atoms in total. The first-order chi connectivity index (χ1) is 7.25. The molecule has 78 valence electrons. The molecule has 2 saturated carbocycles. The van der Waals surface area contributed by atoms with Gasteiger partial charge in [0.15, 0.2) is 0 Å². The van der Waals surface area contributed by atoms with E-state index in [1.165, 1.54) is 19.3 Å². The van der Waals surface area contributed by atoms with Gasteiger partial charge in [-0.2, -0.15) is 10.5 Å². The third-order valence-electron chi connectivity index (χ3n) is 4.24. The minimum Gasteiger partial charge on any atom is -0.197 e. The summed E-state index contributed by atoms with van der Waals surface area (Å²) in [7, 11) is 0. The Hall–Kier alpha value is -1.28. The Labute approximate surface area is 91.2 Å². The summed E-state index contributed by atoms with van der Waals surface area (Å²) in [5.74, 6) is 1.70. The number of allylic oxidation sites excluding steroid dienone is 1. The van der Waals surface area contributed by atoms with Crippen LogP contribution in [-0.2, 0) is 0 Å². The van der Waals surface area contributed by atoms with Gasteiger partial charge in [0.1, 0.15) is 5.41 Å². The molecule has 0 aromatic heterocycles. The lowest BCUT2D eigenvalue weighted by molar-refractivity contribution is 0.214. The van der Waals surface area contributed by atoms with Crippen LogP contribution < -0.4 is 0 Å². The lowest BCUT2D eigenvalue weighted by Crippen LogP contribution is -2.31. The highest BCUT2D eigenvalue weighted by molar-refractivity contribution is 5.21. The van der Waals surface area contributed by atoms with Gasteiger partial charge in [-0.05, 0) is 43.4 Å². The second kappa shape index (κ2) is 3.70. The summed E-state index contributed by atoms with van der Waals surface area (Å²) in [5.41, 5.74) is -0.790. The molecule has 2 aliphatic rings. The van der Waals surface area contributed by atoms with Crippen LogP contribution in [0.3, 0.4) is 0 Å². The fourth-order valence-electron chi connectivity index (χ4n) is 3.51. The Kier molecular flexibility index (Phi) is 2.53. The molecule has 0 unspecified atom stereocenters. The van der Waals surface area contributed by atoms with Crippen molar-refractivity contribution in [1.29, 1.82) is 10.5 Å². The summed E-state index contributed by atoms with van der Waals surface area (Å²) >= 11 is 0. The SMILES string of the molecule is C=CCC(C#N)(C#N)[C@@H]1C[C@@H]2CC[C@H]1C2. The average Bonchev–Trinajstić information content (AvgIpc) is 2.88. The number of fused-ring (bicyclic) bond motifs is 2. The van der Waals surface area contributed by atoms with E-state index in [1.807, 2.05) is 0 Å². The minimum absolute atomic E-state index is 0.296. The van der Waals surface area contributed by atoms with Gasteiger partial charge >= 0.3 is 0 Å². The number of nitrogens with zero attached hydrogens (tertiary/aromatic N) is 2. The predicted octanol–water partition coefficient (Wildman–Crippen LogP) is 3.03. The van der Waals surface area contributed by atoms with Crippen LogP contribution in [-0.4, -0.2) is 0 Å². The van der Waals surface area contributed by atoms with E-state index >= 15 is 0 Å². The van der Waals surface area contributed by atoms with Crippen LogP contribution in [0.25, 0.3) is 0 Å². The van der Waals surface area contributed by atoms with E-state index < -0.39 is 5.41 Å². The summed E-state index contributed by atoms with van der Waals surface area (Å²) in [6, 6.07) is 4.52. The van der Waals surface area contributed by atoms with Crippen molar-refractivity contribution in [3.63, 3.8) is 0 Å². The molecule has 0 heterocycles. The molecule has 0 saturated heterocycles. The molecule has 0 aromatic rings. The zero-order chi connectivity index (χ0) is 10.9. The first kappa shape index (κ1) is 10.2. The highest BCUT2D eigenvalue weighted by Crippen LogP contribution is 2.55. The van der Waals surface area contributed by atoms with Crippen LogP contribution in [0, 0.1) is 45.8 Å². The third-order valence-corrected chi connectivity index (χ3v) is 4.24. The monoisotopic (exact) mass is 200 g/mol. The quantitative estimate of drug-likeness (QED) is 0.657. The molecule has 0 radical (unpaired) electrons. The van der Waals surface area contributed by atoms with Crippen molar-refractivity contribution in [2.75, 3.05) is 0 Å². The second-order valence-corrected chi connectivity index (χ2v) is 4.97. The van der Waals surface area contributed by atoms with Gasteiger partial charge in [-0.3, -0.25) is 0 Å². The van der Waals surface area contributed by atoms with E-state index in [1.54, 1.807) is 6.08 Å². The third kappa shape index (κ3) is 1.45. The molecule has 3 atom stereocenters. The minimum atomic E-state index is -0.790. The fourth-order valence-corrected chi connectivity index (χ4v) is 3.51. The van der Waals surface area contributed by atoms with E-state index in [2.05, 4.69) is 18.7 Å². The molecule has 0 aromatic carbocycles. The molecule has 0 aliphatic heterocycles. The van der Waals surface area contributed by atoms with Crippen LogP contribution in [0.1, 0.15) is 32.1 Å². The van der Waals surface area contributed by atoms with Gasteiger partial charge in [-0.25, -0.2) is 0 Å². The molecular formula is C13H16N2. The standard InChI is InChI=1S/C13H16N2/c1-2-5-13(8-14,9-15)12-7-10-3-4-11(12)6-10/h2,10-12H,1,3-7H2/t10-,11+,12-/m1/s1. The van der Waals surface area contributed by atoms with Gasteiger partial charge in [0.05, 0.1) is 12.1 Å². The number of hydrogen-bond donors (Lipinski definition) is 0. The van der Waals surface area contributed by atoms with Gasteiger partial charge in [-0.1, -0.05) is 12.5 Å². The molecule has 2 fully saturated rings. The lowest BCUT2D eigenvalue weighted by Gasteiger charge is -2.31. The van der Waals surface area contributed by atoms with E-state index in [0.717, 1.165) is 12.3 Å². The van der Waals surface area contributed by atoms with Crippen LogP contribution in [0.5, 0.6) is 0 Å². The summed E-state index contributed by atoms with van der Waals surface area (Å²) in [6.07, 6.45) is 7.10. The van der Waals surface area contributed by atoms with Gasteiger partial charge in [0.25, 0.3) is 0 Å². The van der Waals surface area contributed by atoms with Crippen LogP contribution in [0.15, 0.2) is 12.7 Å². The highest BCUT2D eigenvalue weighted by Gasteiger charge is 2.50. The van der Waals surface area contributed by atoms with E-state index in [0.29, 0.717) is 18.3 Å². The van der Waals surface area contributed by atoms with E-state index in [9.17, 15) is 10.5 Å². The van der Waals surface area contributed by atoms with Crippen molar-refractivity contribution in [2.24, 2.45) is 23.2 Å². The predicted molar refractivity (Wildman–Crippen MR) is 57.4 cm³/mol. The topological polar surface area (TPSA) is 47.6 Å². The van der Waals surface area contributed by atoms with Crippen molar-refractivity contribution >= 4 is 0 Å². The maximum atomic E-state index is 9.28. The Morgan fingerprint density at radius 3 is 2.40 bits per heavy atom. The van der Waals surface area contributed by atoms with Gasteiger partial charge in [0, 0.05) is 0 Å². The van der Waals surface area contributed by atoms with E-state index in [-0.39, 0.29) is 0 Å². The first-order valence-electron chi connectivity index (χ1n) is 5.69. The number of rotatable bonds is 3. The molecule has 2 rings (SSSR count). The van der Waals surface area contributed by atoms with Crippen molar-refractivity contribution in [3.8, 4) is 12.1 Å². The molecule has 0 spiro atoms. The Bertz CT molecular complexity index is 331. The van der Waals surface area contributed by atoms with E-state index in [4.69, 9.17) is 0 Å². The molecule has 2 aliphatic carbocycles. The zero-order valence-corrected chi connectivity index (χ0v) is 8.95. The Balaban J connectivity index is 2.23. The van der Waals surface area contributed by atoms with Gasteiger partial charge < -0.3 is 0 Å². The molecule has 0 amide bonds. The Morgan fingerprint density at radius 1 is 1.27 bits per heavy atom. The molecular weight excluding hydrogens is 184 g/mol. The number of hydrogen-bond acceptors (Lipinski definition) is 2. The molecule has 2 heteroatoms. The second-order valence-electron chi connectivity index (χ2n) is 4.97. The maximum Gasteiger partial charge on any atom is 0.150 e. The summed E-state index contributed by atoms with van der Waals surface area (Å²) in [4.78, 5) is 0. The van der Waals surface area contributed by atoms with Crippen LogP contribution in [0.4, 0.5) is 0 Å². The largest absolute Gasteiger partial charge is 0.197 e. The maximum absolute atomic E-state index is 9.28. The number of nitriles is 2. The lowest BCUT2D eigenvalue weighted by atomic mass is 9.68. The summed E-state index contributed by atoms with van der Waals surface area (Å²) in [6.45, 7) is 3.67. The summed E-state index contributed by atoms with van der Waals surface area (Å²) in [5, 5.41) is 18.6. The van der Waals surface area contributed by atoms with Crippen molar-refractivity contribution in [2.45, 2.75) is 32.1 Å². The van der Waals surface area contributed by atoms with Gasteiger partial charge in [0.2, 0.25) is 0 Å².